The molecule has 3 rings (SSSR count). The summed E-state index contributed by atoms with van der Waals surface area (Å²) in [6, 6.07) is 21.6. The van der Waals surface area contributed by atoms with Crippen molar-refractivity contribution in [2.45, 2.75) is 24.2 Å². The van der Waals surface area contributed by atoms with Crippen LogP contribution in [-0.2, 0) is 0 Å². The summed E-state index contributed by atoms with van der Waals surface area (Å²) in [6.45, 7) is 2.33. The summed E-state index contributed by atoms with van der Waals surface area (Å²) >= 11 is 0. The van der Waals surface area contributed by atoms with Crippen LogP contribution in [0.5, 0.6) is 0 Å². The molecular formula is C17H21NP+. The third kappa shape index (κ3) is 2.33. The molecule has 1 heterocycles. The highest BCUT2D eigenvalue weighted by Gasteiger charge is 2.52. The molecule has 0 aromatic heterocycles. The summed E-state index contributed by atoms with van der Waals surface area (Å²) in [5.41, 5.74) is 10.8. The molecule has 2 aromatic carbocycles. The first kappa shape index (κ1) is 12.8. The lowest BCUT2D eigenvalue weighted by molar-refractivity contribution is 0.765. The number of benzene rings is 2. The van der Waals surface area contributed by atoms with Crippen molar-refractivity contribution in [1.29, 1.82) is 0 Å². The maximum atomic E-state index is 6.84. The zero-order valence-corrected chi connectivity index (χ0v) is 12.3. The van der Waals surface area contributed by atoms with Crippen LogP contribution < -0.4 is 5.50 Å². The minimum absolute atomic E-state index is 0.568. The predicted octanol–water partition coefficient (Wildman–Crippen LogP) is 4.78. The largest absolute Gasteiger partial charge is 0.204 e. The smallest absolute Gasteiger partial charge is 0.110 e. The summed E-state index contributed by atoms with van der Waals surface area (Å²) in [4.78, 5) is 0. The maximum Gasteiger partial charge on any atom is 0.110 e. The van der Waals surface area contributed by atoms with E-state index in [0.29, 0.717) is 11.3 Å². The highest BCUT2D eigenvalue weighted by molar-refractivity contribution is 7.73. The first-order valence-electron chi connectivity index (χ1n) is 6.94. The Morgan fingerprint density at radius 1 is 0.789 bits per heavy atom. The average Bonchev–Trinajstić information content (AvgIpc) is 2.76. The molecule has 1 aliphatic rings. The van der Waals surface area contributed by atoms with E-state index in [0.717, 1.165) is 0 Å². The van der Waals surface area contributed by atoms with Crippen molar-refractivity contribution in [1.82, 2.24) is 0 Å². The normalized spacial score (nSPS) is 25.4. The van der Waals surface area contributed by atoms with Gasteiger partial charge >= 0.3 is 0 Å². The Balaban J connectivity index is 1.92. The zero-order chi connectivity index (χ0) is 13.3. The Bertz CT molecular complexity index is 486. The molecule has 1 fully saturated rings. The second-order valence-corrected chi connectivity index (χ2v) is 9.34. The molecule has 0 bridgehead atoms. The summed E-state index contributed by atoms with van der Waals surface area (Å²) in [6.07, 6.45) is 2.45. The molecule has 2 N–H and O–H groups in total. The van der Waals surface area contributed by atoms with Crippen LogP contribution in [0.1, 0.15) is 35.3 Å². The van der Waals surface area contributed by atoms with Gasteiger partial charge in [-0.15, -0.1) is 0 Å². The molecule has 2 aromatic rings. The van der Waals surface area contributed by atoms with Crippen LogP contribution in [0.3, 0.4) is 0 Å². The van der Waals surface area contributed by atoms with E-state index in [4.69, 9.17) is 5.50 Å². The molecule has 0 saturated carbocycles. The van der Waals surface area contributed by atoms with E-state index < -0.39 is 7.41 Å². The highest BCUT2D eigenvalue weighted by atomic mass is 31.2. The minimum atomic E-state index is -1.46. The van der Waals surface area contributed by atoms with Crippen LogP contribution in [0, 0.1) is 0 Å². The van der Waals surface area contributed by atoms with E-state index in [9.17, 15) is 0 Å². The number of nitrogens with two attached hydrogens (primary N) is 1. The standard InChI is InChI=1S/C17H21NP/c1-19(18)16(14-8-4-2-5-9-14)12-13-17(19)15-10-6-3-7-11-15/h2-11,16-17H,12-13,18H2,1H3/q+1/t16-,17-/m0/s1. The van der Waals surface area contributed by atoms with E-state index in [1.54, 1.807) is 0 Å². The second kappa shape index (κ2) is 5.07. The summed E-state index contributed by atoms with van der Waals surface area (Å²) in [7, 11) is -1.46. The second-order valence-electron chi connectivity index (χ2n) is 5.65. The van der Waals surface area contributed by atoms with Crippen molar-refractivity contribution in [3.05, 3.63) is 71.8 Å². The molecule has 98 valence electrons. The molecule has 1 saturated heterocycles. The Labute approximate surface area is 116 Å². The molecule has 19 heavy (non-hydrogen) atoms. The highest BCUT2D eigenvalue weighted by Crippen LogP contribution is 2.77. The fourth-order valence-corrected chi connectivity index (χ4v) is 6.89. The number of hydrogen-bond acceptors (Lipinski definition) is 1. The fraction of sp³-hybridized carbons (Fsp3) is 0.294. The Kier molecular flexibility index (Phi) is 3.43. The van der Waals surface area contributed by atoms with Crippen LogP contribution in [-0.4, -0.2) is 6.66 Å². The lowest BCUT2D eigenvalue weighted by Gasteiger charge is -2.26. The molecular weight excluding hydrogens is 249 g/mol. The first-order chi connectivity index (χ1) is 9.19. The van der Waals surface area contributed by atoms with Crippen LogP contribution in [0.15, 0.2) is 60.7 Å². The van der Waals surface area contributed by atoms with Gasteiger partial charge in [-0.3, -0.25) is 0 Å². The monoisotopic (exact) mass is 270 g/mol. The van der Waals surface area contributed by atoms with E-state index in [-0.39, 0.29) is 0 Å². The molecule has 1 aliphatic heterocycles. The fourth-order valence-electron chi connectivity index (χ4n) is 3.42. The zero-order valence-electron chi connectivity index (χ0n) is 11.4. The van der Waals surface area contributed by atoms with E-state index >= 15 is 0 Å². The van der Waals surface area contributed by atoms with Crippen molar-refractivity contribution in [2.75, 3.05) is 6.66 Å². The van der Waals surface area contributed by atoms with Gasteiger partial charge in [0.25, 0.3) is 0 Å². The predicted molar refractivity (Wildman–Crippen MR) is 84.6 cm³/mol. The Hall–Kier alpha value is -1.17. The van der Waals surface area contributed by atoms with Gasteiger partial charge < -0.3 is 0 Å². The van der Waals surface area contributed by atoms with Gasteiger partial charge in [-0.25, -0.2) is 5.50 Å². The van der Waals surface area contributed by atoms with Crippen LogP contribution in [0.2, 0.25) is 0 Å². The SMILES string of the molecule is C[P+]1(N)[C@H](c2ccccc2)CC[C@H]1c1ccccc1. The van der Waals surface area contributed by atoms with Gasteiger partial charge in [0.05, 0.1) is 14.1 Å². The van der Waals surface area contributed by atoms with Gasteiger partial charge in [-0.1, -0.05) is 60.7 Å². The Morgan fingerprint density at radius 2 is 1.16 bits per heavy atom. The topological polar surface area (TPSA) is 26.0 Å². The van der Waals surface area contributed by atoms with E-state index in [1.807, 2.05) is 0 Å². The molecule has 0 unspecified atom stereocenters. The van der Waals surface area contributed by atoms with Gasteiger partial charge in [0.1, 0.15) is 11.3 Å². The van der Waals surface area contributed by atoms with Crippen LogP contribution in [0.4, 0.5) is 0 Å². The quantitative estimate of drug-likeness (QED) is 0.780. The van der Waals surface area contributed by atoms with Crippen molar-refractivity contribution >= 4 is 7.41 Å². The molecule has 0 amide bonds. The van der Waals surface area contributed by atoms with Crippen molar-refractivity contribution in [3.63, 3.8) is 0 Å². The molecule has 1 nitrogen and oxygen atoms in total. The summed E-state index contributed by atoms with van der Waals surface area (Å²) < 4.78 is 0. The number of hydrogen-bond donors (Lipinski definition) is 1. The molecule has 0 spiro atoms. The molecule has 2 atom stereocenters. The molecule has 2 heteroatoms. The van der Waals surface area contributed by atoms with Crippen molar-refractivity contribution in [3.8, 4) is 0 Å². The molecule has 0 radical (unpaired) electrons. The minimum Gasteiger partial charge on any atom is -0.204 e. The summed E-state index contributed by atoms with van der Waals surface area (Å²) in [5.74, 6) is 0. The Morgan fingerprint density at radius 3 is 1.53 bits per heavy atom. The van der Waals surface area contributed by atoms with E-state index in [2.05, 4.69) is 67.3 Å². The van der Waals surface area contributed by atoms with E-state index in [1.165, 1.54) is 24.0 Å². The van der Waals surface area contributed by atoms with Crippen molar-refractivity contribution in [2.24, 2.45) is 5.50 Å². The van der Waals surface area contributed by atoms with Gasteiger partial charge in [-0.2, -0.15) is 0 Å². The lowest BCUT2D eigenvalue weighted by atomic mass is 10.0. The summed E-state index contributed by atoms with van der Waals surface area (Å²) in [5, 5.41) is 0. The van der Waals surface area contributed by atoms with Crippen LogP contribution in [0.25, 0.3) is 0 Å². The van der Waals surface area contributed by atoms with Gasteiger partial charge in [0.2, 0.25) is 0 Å². The molecule has 0 aliphatic carbocycles. The third-order valence-corrected chi connectivity index (χ3v) is 8.22. The third-order valence-electron chi connectivity index (χ3n) is 4.43. The van der Waals surface area contributed by atoms with Crippen molar-refractivity contribution < 1.29 is 0 Å². The lowest BCUT2D eigenvalue weighted by Crippen LogP contribution is -2.12. The first-order valence-corrected chi connectivity index (χ1v) is 9.38. The van der Waals surface area contributed by atoms with Gasteiger partial charge in [-0.05, 0) is 24.0 Å². The average molecular weight is 270 g/mol. The van der Waals surface area contributed by atoms with Gasteiger partial charge in [0.15, 0.2) is 0 Å². The van der Waals surface area contributed by atoms with Crippen LogP contribution >= 0.6 is 7.41 Å². The van der Waals surface area contributed by atoms with Gasteiger partial charge in [0, 0.05) is 0 Å². The number of rotatable bonds is 2. The maximum absolute atomic E-state index is 6.84.